The summed E-state index contributed by atoms with van der Waals surface area (Å²) in [6.07, 6.45) is 0. The molecule has 2 aromatic carbocycles. The summed E-state index contributed by atoms with van der Waals surface area (Å²) in [6.45, 7) is 0. The van der Waals surface area contributed by atoms with Crippen LogP contribution in [0, 0.1) is 0 Å². The fourth-order valence-corrected chi connectivity index (χ4v) is 3.65. The highest BCUT2D eigenvalue weighted by molar-refractivity contribution is 7.23. The van der Waals surface area contributed by atoms with E-state index in [1.165, 1.54) is 18.4 Å². The lowest BCUT2D eigenvalue weighted by Crippen LogP contribution is -2.07. The van der Waals surface area contributed by atoms with Crippen LogP contribution >= 0.6 is 11.3 Å². The van der Waals surface area contributed by atoms with Gasteiger partial charge in [0.2, 0.25) is 11.2 Å². The Morgan fingerprint density at radius 2 is 1.84 bits per heavy atom. The van der Waals surface area contributed by atoms with E-state index in [0.29, 0.717) is 37.8 Å². The molecule has 0 saturated heterocycles. The second kappa shape index (κ2) is 5.78. The maximum absolute atomic E-state index is 13.0. The molecule has 0 radical (unpaired) electrons. The first-order valence-electron chi connectivity index (χ1n) is 7.46. The summed E-state index contributed by atoms with van der Waals surface area (Å²) in [5, 5.41) is 0.834. The average molecular weight is 354 g/mol. The molecule has 2 aromatic heterocycles. The summed E-state index contributed by atoms with van der Waals surface area (Å²) >= 11 is 1.26. The van der Waals surface area contributed by atoms with Crippen LogP contribution in [0.25, 0.3) is 32.5 Å². The van der Waals surface area contributed by atoms with Crippen molar-refractivity contribution >= 4 is 37.7 Å². The molecule has 2 N–H and O–H groups in total. The van der Waals surface area contributed by atoms with Crippen LogP contribution in [0.3, 0.4) is 0 Å². The first kappa shape index (κ1) is 15.5. The number of nitrogens with zero attached hydrogens (tertiary/aromatic N) is 1. The third-order valence-corrected chi connectivity index (χ3v) is 4.86. The summed E-state index contributed by atoms with van der Waals surface area (Å²) in [7, 11) is 3.05. The van der Waals surface area contributed by atoms with E-state index < -0.39 is 0 Å². The van der Waals surface area contributed by atoms with E-state index in [4.69, 9.17) is 19.6 Å². The molecule has 0 fully saturated rings. The highest BCUT2D eigenvalue weighted by Gasteiger charge is 2.20. The third kappa shape index (κ3) is 2.40. The number of nitrogen functional groups attached to an aromatic ring is 1. The van der Waals surface area contributed by atoms with Crippen LogP contribution < -0.4 is 20.6 Å². The highest BCUT2D eigenvalue weighted by Crippen LogP contribution is 2.36. The molecule has 0 unspecified atom stereocenters. The fourth-order valence-electron chi connectivity index (χ4n) is 2.78. The molecular weight excluding hydrogens is 340 g/mol. The maximum Gasteiger partial charge on any atom is 0.236 e. The van der Waals surface area contributed by atoms with Crippen LogP contribution in [0.2, 0.25) is 0 Å². The van der Waals surface area contributed by atoms with Gasteiger partial charge in [0.1, 0.15) is 11.3 Å². The second-order valence-corrected chi connectivity index (χ2v) is 6.39. The number of fused-ring (bicyclic) bond motifs is 3. The Kier molecular flexibility index (Phi) is 3.58. The van der Waals surface area contributed by atoms with E-state index in [2.05, 4.69) is 4.98 Å². The van der Waals surface area contributed by atoms with E-state index >= 15 is 0 Å². The molecular formula is C18H14N2O4S. The number of anilines is 1. The number of ether oxygens (including phenoxy) is 2. The van der Waals surface area contributed by atoms with Crippen molar-refractivity contribution in [1.82, 2.24) is 4.98 Å². The van der Waals surface area contributed by atoms with Gasteiger partial charge in [-0.15, -0.1) is 0 Å². The summed E-state index contributed by atoms with van der Waals surface area (Å²) in [4.78, 5) is 17.2. The summed E-state index contributed by atoms with van der Waals surface area (Å²) in [5.74, 6) is 1.24. The third-order valence-electron chi connectivity index (χ3n) is 3.94. The standard InChI is InChI=1S/C18H14N2O4S/c1-22-10-5-3-9(4-6-10)15-16(23-2)14(21)13-12(24-15)8-7-11-17(13)25-18(19)20-11/h3-8H,1-2H3,(H2,19,20). The minimum atomic E-state index is -0.246. The average Bonchev–Trinajstić information content (AvgIpc) is 3.01. The monoisotopic (exact) mass is 354 g/mol. The topological polar surface area (TPSA) is 87.6 Å². The van der Waals surface area contributed by atoms with Gasteiger partial charge in [-0.1, -0.05) is 11.3 Å². The lowest BCUT2D eigenvalue weighted by atomic mass is 10.1. The zero-order valence-electron chi connectivity index (χ0n) is 13.5. The molecule has 0 aliphatic heterocycles. The van der Waals surface area contributed by atoms with Crippen molar-refractivity contribution in [2.45, 2.75) is 0 Å². The maximum atomic E-state index is 13.0. The smallest absolute Gasteiger partial charge is 0.236 e. The van der Waals surface area contributed by atoms with Gasteiger partial charge in [-0.2, -0.15) is 0 Å². The predicted octanol–water partition coefficient (Wildman–Crippen LogP) is 3.67. The van der Waals surface area contributed by atoms with E-state index in [1.807, 2.05) is 12.1 Å². The van der Waals surface area contributed by atoms with Gasteiger partial charge < -0.3 is 19.6 Å². The Bertz CT molecular complexity index is 1150. The fraction of sp³-hybridized carbons (Fsp3) is 0.111. The van der Waals surface area contributed by atoms with E-state index in [-0.39, 0.29) is 11.2 Å². The van der Waals surface area contributed by atoms with Crippen LogP contribution in [0.5, 0.6) is 11.5 Å². The molecule has 0 saturated carbocycles. The molecule has 0 spiro atoms. The Morgan fingerprint density at radius 3 is 2.52 bits per heavy atom. The molecule has 0 aliphatic rings. The molecule has 2 heterocycles. The molecule has 6 nitrogen and oxygen atoms in total. The molecule has 0 atom stereocenters. The van der Waals surface area contributed by atoms with Crippen molar-refractivity contribution < 1.29 is 13.9 Å². The number of hydrogen-bond acceptors (Lipinski definition) is 7. The Labute approximate surface area is 146 Å². The van der Waals surface area contributed by atoms with Crippen LogP contribution in [0.1, 0.15) is 0 Å². The normalized spacial score (nSPS) is 11.1. The largest absolute Gasteiger partial charge is 0.497 e. The SMILES string of the molecule is COc1ccc(-c2oc3ccc4nc(N)sc4c3c(=O)c2OC)cc1. The lowest BCUT2D eigenvalue weighted by Gasteiger charge is -2.09. The van der Waals surface area contributed by atoms with Crippen LogP contribution in [-0.4, -0.2) is 19.2 Å². The molecule has 25 heavy (non-hydrogen) atoms. The molecule has 4 rings (SSSR count). The van der Waals surface area contributed by atoms with E-state index in [0.717, 1.165) is 5.56 Å². The van der Waals surface area contributed by atoms with Crippen molar-refractivity contribution in [3.8, 4) is 22.8 Å². The number of thiazole rings is 1. The minimum Gasteiger partial charge on any atom is -0.497 e. The molecule has 0 bridgehead atoms. The van der Waals surface area contributed by atoms with Gasteiger partial charge in [-0.3, -0.25) is 4.79 Å². The summed E-state index contributed by atoms with van der Waals surface area (Å²) < 4.78 is 17.2. The summed E-state index contributed by atoms with van der Waals surface area (Å²) in [5.41, 5.74) is 7.39. The number of hydrogen-bond donors (Lipinski definition) is 1. The zero-order valence-corrected chi connectivity index (χ0v) is 14.3. The van der Waals surface area contributed by atoms with Gasteiger partial charge in [0.05, 0.1) is 29.8 Å². The van der Waals surface area contributed by atoms with Crippen molar-refractivity contribution in [1.29, 1.82) is 0 Å². The van der Waals surface area contributed by atoms with Crippen molar-refractivity contribution in [3.63, 3.8) is 0 Å². The Morgan fingerprint density at radius 1 is 1.08 bits per heavy atom. The molecule has 0 aliphatic carbocycles. The van der Waals surface area contributed by atoms with E-state index in [1.54, 1.807) is 31.4 Å². The lowest BCUT2D eigenvalue weighted by molar-refractivity contribution is 0.398. The summed E-state index contributed by atoms with van der Waals surface area (Å²) in [6, 6.07) is 10.7. The zero-order chi connectivity index (χ0) is 17.6. The number of nitrogens with two attached hydrogens (primary N) is 1. The van der Waals surface area contributed by atoms with Crippen LogP contribution in [-0.2, 0) is 0 Å². The van der Waals surface area contributed by atoms with Crippen molar-refractivity contribution in [3.05, 3.63) is 46.6 Å². The van der Waals surface area contributed by atoms with Gasteiger partial charge in [0, 0.05) is 5.56 Å². The number of aromatic nitrogens is 1. The predicted molar refractivity (Wildman–Crippen MR) is 98.6 cm³/mol. The Balaban J connectivity index is 2.05. The first-order valence-corrected chi connectivity index (χ1v) is 8.28. The van der Waals surface area contributed by atoms with Crippen molar-refractivity contribution in [2.75, 3.05) is 20.0 Å². The van der Waals surface area contributed by atoms with Gasteiger partial charge >= 0.3 is 0 Å². The van der Waals surface area contributed by atoms with Gasteiger partial charge in [-0.05, 0) is 36.4 Å². The number of benzene rings is 2. The minimum absolute atomic E-state index is 0.150. The van der Waals surface area contributed by atoms with Gasteiger partial charge in [0.15, 0.2) is 10.9 Å². The molecule has 4 aromatic rings. The van der Waals surface area contributed by atoms with Crippen LogP contribution in [0.15, 0.2) is 45.6 Å². The number of methoxy groups -OCH3 is 2. The quantitative estimate of drug-likeness (QED) is 0.604. The van der Waals surface area contributed by atoms with E-state index in [9.17, 15) is 4.79 Å². The molecule has 126 valence electrons. The second-order valence-electron chi connectivity index (χ2n) is 5.36. The number of rotatable bonds is 3. The first-order chi connectivity index (χ1) is 12.1. The van der Waals surface area contributed by atoms with Crippen LogP contribution in [0.4, 0.5) is 5.13 Å². The Hall–Kier alpha value is -3.06. The molecule has 7 heteroatoms. The van der Waals surface area contributed by atoms with Gasteiger partial charge in [-0.25, -0.2) is 4.98 Å². The highest BCUT2D eigenvalue weighted by atomic mass is 32.1. The molecule has 0 amide bonds. The van der Waals surface area contributed by atoms with Gasteiger partial charge in [0.25, 0.3) is 0 Å². The van der Waals surface area contributed by atoms with Crippen molar-refractivity contribution in [2.24, 2.45) is 0 Å².